The minimum absolute atomic E-state index is 0.120. The molecule has 1 heterocycles. The van der Waals surface area contributed by atoms with Crippen molar-refractivity contribution >= 4 is 28.5 Å². The zero-order valence-corrected chi connectivity index (χ0v) is 12.6. The van der Waals surface area contributed by atoms with Gasteiger partial charge in [0.05, 0.1) is 25.4 Å². The highest BCUT2D eigenvalue weighted by molar-refractivity contribution is 8.14. The quantitative estimate of drug-likeness (QED) is 0.804. The molecule has 0 unspecified atom stereocenters. The number of carbonyl (C=O) groups is 1. The highest BCUT2D eigenvalue weighted by Crippen LogP contribution is 2.19. The van der Waals surface area contributed by atoms with Crippen molar-refractivity contribution in [3.63, 3.8) is 0 Å². The first-order valence-electron chi connectivity index (χ1n) is 6.55. The summed E-state index contributed by atoms with van der Waals surface area (Å²) in [6.45, 7) is 1.05. The number of carbonyl (C=O) groups excluding carboxylic acids is 1. The molecule has 0 spiro atoms. The van der Waals surface area contributed by atoms with Crippen molar-refractivity contribution in [3.05, 3.63) is 34.9 Å². The molecule has 20 heavy (non-hydrogen) atoms. The molecule has 1 aromatic rings. The number of rotatable bonds is 7. The van der Waals surface area contributed by atoms with E-state index >= 15 is 0 Å². The number of nitrogens with one attached hydrogen (secondary N) is 1. The average molecular weight is 316 g/mol. The molecular weight excluding hydrogens is 298 g/mol. The Bertz CT molecular complexity index is 441. The SMILES string of the molecule is O=C1SCC[C@H]1NC[C@@H](O)COCc1ccc(Cl)cc1. The number of benzene rings is 1. The lowest BCUT2D eigenvalue weighted by molar-refractivity contribution is -0.112. The van der Waals surface area contributed by atoms with Crippen LogP contribution in [0, 0.1) is 0 Å². The van der Waals surface area contributed by atoms with Crippen molar-refractivity contribution in [3.8, 4) is 0 Å². The van der Waals surface area contributed by atoms with Gasteiger partial charge in [0.25, 0.3) is 0 Å². The Labute approximate surface area is 127 Å². The van der Waals surface area contributed by atoms with Crippen molar-refractivity contribution < 1.29 is 14.6 Å². The van der Waals surface area contributed by atoms with Crippen LogP contribution in [0.4, 0.5) is 0 Å². The third-order valence-electron chi connectivity index (χ3n) is 3.03. The third kappa shape index (κ3) is 5.07. The van der Waals surface area contributed by atoms with E-state index in [0.717, 1.165) is 17.7 Å². The van der Waals surface area contributed by atoms with Crippen molar-refractivity contribution in [1.82, 2.24) is 5.32 Å². The highest BCUT2D eigenvalue weighted by atomic mass is 35.5. The maximum absolute atomic E-state index is 11.4. The van der Waals surface area contributed by atoms with Gasteiger partial charge in [0.15, 0.2) is 0 Å². The second kappa shape index (κ2) is 8.00. The number of thioether (sulfide) groups is 1. The van der Waals surface area contributed by atoms with Crippen molar-refractivity contribution in [2.75, 3.05) is 18.9 Å². The number of halogens is 1. The molecule has 0 bridgehead atoms. The summed E-state index contributed by atoms with van der Waals surface area (Å²) in [4.78, 5) is 11.4. The number of hydrogen-bond donors (Lipinski definition) is 2. The standard InChI is InChI=1S/C14H18ClNO3S/c15-11-3-1-10(2-4-11)8-19-9-12(17)7-16-13-5-6-20-14(13)18/h1-4,12-13,16-17H,5-9H2/t12-,13-/m1/s1. The van der Waals surface area contributed by atoms with Crippen LogP contribution < -0.4 is 5.32 Å². The molecule has 0 aliphatic carbocycles. The maximum atomic E-state index is 11.4. The lowest BCUT2D eigenvalue weighted by Crippen LogP contribution is -2.39. The fourth-order valence-corrected chi connectivity index (χ4v) is 2.99. The number of aliphatic hydroxyl groups is 1. The van der Waals surface area contributed by atoms with Crippen molar-refractivity contribution in [1.29, 1.82) is 0 Å². The highest BCUT2D eigenvalue weighted by Gasteiger charge is 2.25. The summed E-state index contributed by atoms with van der Waals surface area (Å²) in [6.07, 6.45) is 0.225. The summed E-state index contributed by atoms with van der Waals surface area (Å²) >= 11 is 7.14. The van der Waals surface area contributed by atoms with Gasteiger partial charge in [-0.2, -0.15) is 0 Å². The van der Waals surface area contributed by atoms with Crippen LogP contribution in [0.1, 0.15) is 12.0 Å². The predicted molar refractivity (Wildman–Crippen MR) is 81.0 cm³/mol. The topological polar surface area (TPSA) is 58.6 Å². The maximum Gasteiger partial charge on any atom is 0.205 e. The average Bonchev–Trinajstić information content (AvgIpc) is 2.84. The van der Waals surface area contributed by atoms with Gasteiger partial charge in [0.1, 0.15) is 0 Å². The molecule has 1 aliphatic heterocycles. The van der Waals surface area contributed by atoms with Gasteiger partial charge in [0, 0.05) is 17.3 Å². The molecule has 2 rings (SSSR count). The van der Waals surface area contributed by atoms with Gasteiger partial charge in [-0.25, -0.2) is 0 Å². The van der Waals surface area contributed by atoms with E-state index in [0.29, 0.717) is 18.2 Å². The van der Waals surface area contributed by atoms with E-state index in [9.17, 15) is 9.90 Å². The normalized spacial score (nSPS) is 20.3. The largest absolute Gasteiger partial charge is 0.389 e. The number of ether oxygens (including phenoxy) is 1. The molecule has 0 aromatic heterocycles. The molecule has 110 valence electrons. The molecule has 1 fully saturated rings. The Kier molecular flexibility index (Phi) is 6.32. The lowest BCUT2D eigenvalue weighted by atomic mass is 10.2. The molecule has 4 nitrogen and oxygen atoms in total. The van der Waals surface area contributed by atoms with E-state index in [-0.39, 0.29) is 17.8 Å². The van der Waals surface area contributed by atoms with E-state index in [1.807, 2.05) is 24.3 Å². The Morgan fingerprint density at radius 1 is 1.45 bits per heavy atom. The molecule has 0 radical (unpaired) electrons. The molecule has 2 atom stereocenters. The van der Waals surface area contributed by atoms with Crippen molar-refractivity contribution in [2.24, 2.45) is 0 Å². The number of aliphatic hydroxyl groups excluding tert-OH is 1. The Morgan fingerprint density at radius 2 is 2.20 bits per heavy atom. The van der Waals surface area contributed by atoms with Gasteiger partial charge in [-0.3, -0.25) is 4.79 Å². The minimum Gasteiger partial charge on any atom is -0.389 e. The van der Waals surface area contributed by atoms with Gasteiger partial charge in [-0.15, -0.1) is 0 Å². The molecule has 1 aliphatic rings. The lowest BCUT2D eigenvalue weighted by Gasteiger charge is -2.15. The Balaban J connectivity index is 1.61. The first-order valence-corrected chi connectivity index (χ1v) is 7.92. The fraction of sp³-hybridized carbons (Fsp3) is 0.500. The van der Waals surface area contributed by atoms with Gasteiger partial charge in [-0.1, -0.05) is 35.5 Å². The monoisotopic (exact) mass is 315 g/mol. The van der Waals surface area contributed by atoms with Gasteiger partial charge in [0.2, 0.25) is 5.12 Å². The van der Waals surface area contributed by atoms with Crippen LogP contribution in [0.2, 0.25) is 5.02 Å². The summed E-state index contributed by atoms with van der Waals surface area (Å²) < 4.78 is 5.44. The fourth-order valence-electron chi connectivity index (χ4n) is 1.91. The van der Waals surface area contributed by atoms with Crippen molar-refractivity contribution in [2.45, 2.75) is 25.2 Å². The molecule has 0 amide bonds. The van der Waals surface area contributed by atoms with Gasteiger partial charge in [-0.05, 0) is 24.1 Å². The first-order chi connectivity index (χ1) is 9.65. The van der Waals surface area contributed by atoms with Crippen LogP contribution >= 0.6 is 23.4 Å². The molecule has 6 heteroatoms. The number of hydrogen-bond acceptors (Lipinski definition) is 5. The second-order valence-electron chi connectivity index (χ2n) is 4.71. The van der Waals surface area contributed by atoms with Crippen LogP contribution in [0.3, 0.4) is 0 Å². The van der Waals surface area contributed by atoms with Gasteiger partial charge < -0.3 is 15.2 Å². The Hall–Kier alpha value is -0.590. The zero-order chi connectivity index (χ0) is 14.4. The molecule has 2 N–H and O–H groups in total. The summed E-state index contributed by atoms with van der Waals surface area (Å²) in [5.41, 5.74) is 1.01. The summed E-state index contributed by atoms with van der Waals surface area (Å²) in [7, 11) is 0. The smallest absolute Gasteiger partial charge is 0.205 e. The summed E-state index contributed by atoms with van der Waals surface area (Å²) in [5, 5.41) is 13.7. The van der Waals surface area contributed by atoms with Crippen LogP contribution in [0.5, 0.6) is 0 Å². The van der Waals surface area contributed by atoms with Crippen LogP contribution in [-0.4, -0.2) is 41.3 Å². The molecule has 1 aromatic carbocycles. The van der Waals surface area contributed by atoms with E-state index in [4.69, 9.17) is 16.3 Å². The van der Waals surface area contributed by atoms with E-state index in [2.05, 4.69) is 5.32 Å². The second-order valence-corrected chi connectivity index (χ2v) is 6.25. The minimum atomic E-state index is -0.610. The molecular formula is C14H18ClNO3S. The van der Waals surface area contributed by atoms with Crippen LogP contribution in [0.15, 0.2) is 24.3 Å². The zero-order valence-electron chi connectivity index (χ0n) is 11.0. The van der Waals surface area contributed by atoms with E-state index in [1.165, 1.54) is 11.8 Å². The summed E-state index contributed by atoms with van der Waals surface area (Å²) in [6, 6.07) is 7.28. The first kappa shape index (κ1) is 15.8. The molecule has 0 saturated carbocycles. The van der Waals surface area contributed by atoms with E-state index in [1.54, 1.807) is 0 Å². The predicted octanol–water partition coefficient (Wildman–Crippen LogP) is 1.84. The third-order valence-corrected chi connectivity index (χ3v) is 4.29. The molecule has 1 saturated heterocycles. The van der Waals surface area contributed by atoms with Crippen LogP contribution in [-0.2, 0) is 16.1 Å². The van der Waals surface area contributed by atoms with E-state index < -0.39 is 6.10 Å². The van der Waals surface area contributed by atoms with Crippen LogP contribution in [0.25, 0.3) is 0 Å². The Morgan fingerprint density at radius 3 is 2.85 bits per heavy atom. The van der Waals surface area contributed by atoms with Gasteiger partial charge >= 0.3 is 0 Å². The summed E-state index contributed by atoms with van der Waals surface area (Å²) in [5.74, 6) is 0.861.